The summed E-state index contributed by atoms with van der Waals surface area (Å²) in [6.07, 6.45) is 6.63. The lowest BCUT2D eigenvalue weighted by Crippen LogP contribution is -2.45. The highest BCUT2D eigenvalue weighted by atomic mass is 16.5. The number of benzene rings is 1. The fourth-order valence-corrected chi connectivity index (χ4v) is 4.45. The van der Waals surface area contributed by atoms with Gasteiger partial charge in [-0.15, -0.1) is 0 Å². The van der Waals surface area contributed by atoms with Gasteiger partial charge in [-0.05, 0) is 49.7 Å². The number of para-hydroxylation sites is 1. The Balaban J connectivity index is 1.46. The molecule has 0 unspecified atom stereocenters. The number of nitrogens with one attached hydrogen (secondary N) is 2. The number of carbonyl (C=O) groups excluding carboxylic acids is 3. The smallest absolute Gasteiger partial charge is 0.339 e. The van der Waals surface area contributed by atoms with Crippen LogP contribution in [0.2, 0.25) is 0 Å². The number of carbonyl (C=O) groups is 3. The number of aromatic nitrogens is 1. The number of hydrogen-bond acceptors (Lipinski definition) is 5. The first-order valence-corrected chi connectivity index (χ1v) is 10.7. The van der Waals surface area contributed by atoms with Gasteiger partial charge in [0.05, 0.1) is 11.1 Å². The fourth-order valence-electron chi connectivity index (χ4n) is 4.45. The van der Waals surface area contributed by atoms with E-state index in [4.69, 9.17) is 9.72 Å². The van der Waals surface area contributed by atoms with Crippen LogP contribution in [-0.4, -0.2) is 35.5 Å². The van der Waals surface area contributed by atoms with E-state index in [1.54, 1.807) is 0 Å². The van der Waals surface area contributed by atoms with Crippen molar-refractivity contribution in [3.8, 4) is 0 Å². The Morgan fingerprint density at radius 2 is 1.90 bits per heavy atom. The van der Waals surface area contributed by atoms with Crippen LogP contribution in [0.25, 0.3) is 10.9 Å². The molecule has 158 valence electrons. The minimum absolute atomic E-state index is 0.108. The third-order valence-electron chi connectivity index (χ3n) is 5.99. The van der Waals surface area contributed by atoms with Crippen molar-refractivity contribution in [1.29, 1.82) is 0 Å². The molecular formula is C23H27N3O4. The molecule has 0 saturated heterocycles. The highest BCUT2D eigenvalue weighted by Crippen LogP contribution is 2.32. The molecule has 4 rings (SSSR count). The molecule has 7 heteroatoms. The number of amides is 3. The second kappa shape index (κ2) is 8.81. The number of fused-ring (bicyclic) bond motifs is 2. The lowest BCUT2D eigenvalue weighted by atomic mass is 9.84. The zero-order chi connectivity index (χ0) is 21.1. The van der Waals surface area contributed by atoms with Crippen molar-refractivity contribution in [2.75, 3.05) is 6.61 Å². The molecule has 0 aliphatic heterocycles. The number of pyridine rings is 1. The molecule has 7 nitrogen and oxygen atoms in total. The van der Waals surface area contributed by atoms with Crippen molar-refractivity contribution >= 4 is 28.8 Å². The van der Waals surface area contributed by atoms with Crippen LogP contribution < -0.4 is 10.6 Å². The molecule has 1 fully saturated rings. The Hall–Kier alpha value is -2.96. The van der Waals surface area contributed by atoms with Gasteiger partial charge in [-0.1, -0.05) is 38.0 Å². The Bertz CT molecular complexity index is 982. The van der Waals surface area contributed by atoms with Crippen LogP contribution in [0.15, 0.2) is 24.3 Å². The van der Waals surface area contributed by atoms with Crippen LogP contribution in [0, 0.1) is 5.92 Å². The predicted molar refractivity (Wildman–Crippen MR) is 112 cm³/mol. The van der Waals surface area contributed by atoms with Gasteiger partial charge in [0, 0.05) is 17.1 Å². The van der Waals surface area contributed by atoms with E-state index in [1.807, 2.05) is 24.3 Å². The molecule has 1 aromatic carbocycles. The second-order valence-corrected chi connectivity index (χ2v) is 8.36. The van der Waals surface area contributed by atoms with Gasteiger partial charge in [0.25, 0.3) is 5.91 Å². The minimum Gasteiger partial charge on any atom is -0.452 e. The summed E-state index contributed by atoms with van der Waals surface area (Å²) in [5.41, 5.74) is 3.08. The van der Waals surface area contributed by atoms with Gasteiger partial charge in [0.15, 0.2) is 6.61 Å². The number of hydrogen-bond donors (Lipinski definition) is 2. The average molecular weight is 409 g/mol. The van der Waals surface area contributed by atoms with Gasteiger partial charge in [-0.3, -0.25) is 15.1 Å². The number of ether oxygens (including phenoxy) is 1. The van der Waals surface area contributed by atoms with Crippen molar-refractivity contribution in [3.63, 3.8) is 0 Å². The normalized spacial score (nSPS) is 18.6. The van der Waals surface area contributed by atoms with E-state index in [1.165, 1.54) is 0 Å². The molecule has 2 aliphatic carbocycles. The van der Waals surface area contributed by atoms with E-state index in [2.05, 4.69) is 17.6 Å². The van der Waals surface area contributed by atoms with Gasteiger partial charge in [-0.2, -0.15) is 0 Å². The summed E-state index contributed by atoms with van der Waals surface area (Å²) in [6.45, 7) is 1.65. The first-order chi connectivity index (χ1) is 14.5. The second-order valence-electron chi connectivity index (χ2n) is 8.36. The molecule has 2 aliphatic rings. The SMILES string of the molecule is C[C@H]1CCc2nc3ccccc3c(C(=O)OCC(=O)NC(=O)NC3CCCC3)c2C1. The fraction of sp³-hybridized carbons (Fsp3) is 0.478. The molecule has 30 heavy (non-hydrogen) atoms. The molecule has 2 aromatic rings. The average Bonchev–Trinajstić information content (AvgIpc) is 3.23. The summed E-state index contributed by atoms with van der Waals surface area (Å²) in [7, 11) is 0. The Labute approximate surface area is 175 Å². The van der Waals surface area contributed by atoms with Gasteiger partial charge >= 0.3 is 12.0 Å². The van der Waals surface area contributed by atoms with Crippen LogP contribution in [-0.2, 0) is 22.4 Å². The quantitative estimate of drug-likeness (QED) is 0.756. The van der Waals surface area contributed by atoms with Crippen molar-refractivity contribution in [2.24, 2.45) is 5.92 Å². The molecule has 2 N–H and O–H groups in total. The van der Waals surface area contributed by atoms with Crippen molar-refractivity contribution in [2.45, 2.75) is 57.9 Å². The Morgan fingerprint density at radius 1 is 1.13 bits per heavy atom. The summed E-state index contributed by atoms with van der Waals surface area (Å²) in [4.78, 5) is 41.8. The highest BCUT2D eigenvalue weighted by Gasteiger charge is 2.26. The standard InChI is InChI=1S/C23H27N3O4/c1-14-10-11-19-17(12-14)21(16-8-4-5-9-18(16)25-19)22(28)30-13-20(27)26-23(29)24-15-6-2-3-7-15/h4-5,8-9,14-15H,2-3,6-7,10-13H2,1H3,(H2,24,26,27,29)/t14-/m0/s1. The summed E-state index contributed by atoms with van der Waals surface area (Å²) < 4.78 is 5.31. The first kappa shape index (κ1) is 20.3. The van der Waals surface area contributed by atoms with Gasteiger partial charge in [-0.25, -0.2) is 9.59 Å². The Morgan fingerprint density at radius 3 is 2.70 bits per heavy atom. The van der Waals surface area contributed by atoms with Crippen LogP contribution in [0.1, 0.15) is 60.6 Å². The topological polar surface area (TPSA) is 97.4 Å². The predicted octanol–water partition coefficient (Wildman–Crippen LogP) is 3.28. The molecule has 0 bridgehead atoms. The van der Waals surface area contributed by atoms with Gasteiger partial charge in [0.1, 0.15) is 0 Å². The van der Waals surface area contributed by atoms with Crippen molar-refractivity contribution in [3.05, 3.63) is 41.1 Å². The van der Waals surface area contributed by atoms with E-state index in [0.717, 1.165) is 67.1 Å². The third kappa shape index (κ3) is 4.45. The summed E-state index contributed by atoms with van der Waals surface area (Å²) in [5.74, 6) is -0.737. The zero-order valence-corrected chi connectivity index (χ0v) is 17.2. The lowest BCUT2D eigenvalue weighted by molar-refractivity contribution is -0.123. The van der Waals surface area contributed by atoms with Crippen molar-refractivity contribution < 1.29 is 19.1 Å². The number of nitrogens with zero attached hydrogens (tertiary/aromatic N) is 1. The maximum atomic E-state index is 13.0. The zero-order valence-electron chi connectivity index (χ0n) is 17.2. The highest BCUT2D eigenvalue weighted by molar-refractivity contribution is 6.06. The van der Waals surface area contributed by atoms with Gasteiger partial charge < -0.3 is 10.1 Å². The van der Waals surface area contributed by atoms with Crippen LogP contribution >= 0.6 is 0 Å². The lowest BCUT2D eigenvalue weighted by Gasteiger charge is -2.24. The van der Waals surface area contributed by atoms with Gasteiger partial charge in [0.2, 0.25) is 0 Å². The molecule has 0 radical (unpaired) electrons. The number of esters is 1. The molecular weight excluding hydrogens is 382 g/mol. The molecule has 3 amide bonds. The van der Waals surface area contributed by atoms with Crippen LogP contribution in [0.4, 0.5) is 4.79 Å². The summed E-state index contributed by atoms with van der Waals surface area (Å²) >= 11 is 0. The monoisotopic (exact) mass is 409 g/mol. The third-order valence-corrected chi connectivity index (χ3v) is 5.99. The molecule has 0 spiro atoms. The number of imide groups is 1. The maximum Gasteiger partial charge on any atom is 0.339 e. The van der Waals surface area contributed by atoms with E-state index in [0.29, 0.717) is 11.5 Å². The summed E-state index contributed by atoms with van der Waals surface area (Å²) in [5, 5.41) is 5.75. The maximum absolute atomic E-state index is 13.0. The molecule has 1 heterocycles. The summed E-state index contributed by atoms with van der Waals surface area (Å²) in [6, 6.07) is 7.05. The van der Waals surface area contributed by atoms with Crippen LogP contribution in [0.5, 0.6) is 0 Å². The van der Waals surface area contributed by atoms with E-state index < -0.39 is 24.5 Å². The number of urea groups is 1. The number of rotatable bonds is 4. The van der Waals surface area contributed by atoms with Crippen molar-refractivity contribution in [1.82, 2.24) is 15.6 Å². The molecule has 1 saturated carbocycles. The molecule has 1 aromatic heterocycles. The van der Waals surface area contributed by atoms with E-state index in [-0.39, 0.29) is 6.04 Å². The largest absolute Gasteiger partial charge is 0.452 e. The van der Waals surface area contributed by atoms with Crippen LogP contribution in [0.3, 0.4) is 0 Å². The minimum atomic E-state index is -0.639. The van der Waals surface area contributed by atoms with E-state index >= 15 is 0 Å². The molecule has 1 atom stereocenters. The van der Waals surface area contributed by atoms with E-state index in [9.17, 15) is 14.4 Å². The Kier molecular flexibility index (Phi) is 5.97. The first-order valence-electron chi connectivity index (χ1n) is 10.7. The number of aryl methyl sites for hydroxylation is 1.